The first-order valence-electron chi connectivity index (χ1n) is 5.82. The molecule has 4 atom stereocenters. The van der Waals surface area contributed by atoms with Gasteiger partial charge in [0.2, 0.25) is 0 Å². The summed E-state index contributed by atoms with van der Waals surface area (Å²) >= 11 is 0. The van der Waals surface area contributed by atoms with Gasteiger partial charge in [-0.1, -0.05) is 0 Å². The van der Waals surface area contributed by atoms with Gasteiger partial charge in [-0.05, 0) is 6.92 Å². The van der Waals surface area contributed by atoms with Crippen LogP contribution in [0.3, 0.4) is 0 Å². The summed E-state index contributed by atoms with van der Waals surface area (Å²) in [5, 5.41) is 19.0. The number of aromatic nitrogens is 2. The van der Waals surface area contributed by atoms with Gasteiger partial charge in [-0.3, -0.25) is 4.57 Å². The fourth-order valence-corrected chi connectivity index (χ4v) is 2.11. The van der Waals surface area contributed by atoms with Gasteiger partial charge < -0.3 is 25.4 Å². The van der Waals surface area contributed by atoms with E-state index in [1.165, 1.54) is 17.9 Å². The number of hydrogen-bond donors (Lipinski definition) is 3. The van der Waals surface area contributed by atoms with Crippen LogP contribution in [0.15, 0.2) is 11.0 Å². The van der Waals surface area contributed by atoms with Crippen molar-refractivity contribution in [1.29, 1.82) is 0 Å². The Morgan fingerprint density at radius 1 is 1.63 bits per heavy atom. The first-order chi connectivity index (χ1) is 8.99. The first-order valence-corrected chi connectivity index (χ1v) is 5.82. The summed E-state index contributed by atoms with van der Waals surface area (Å²) in [5.41, 5.74) is 5.56. The zero-order valence-electron chi connectivity index (χ0n) is 10.7. The van der Waals surface area contributed by atoms with E-state index in [1.54, 1.807) is 6.92 Å². The van der Waals surface area contributed by atoms with Crippen LogP contribution in [0.5, 0.6) is 0 Å². The summed E-state index contributed by atoms with van der Waals surface area (Å²) in [4.78, 5) is 15.5. The normalized spacial score (nSPS) is 30.7. The highest BCUT2D eigenvalue weighted by Crippen LogP contribution is 2.30. The van der Waals surface area contributed by atoms with Crippen molar-refractivity contribution in [3.63, 3.8) is 0 Å². The minimum atomic E-state index is -1.02. The molecule has 2 rings (SSSR count). The second-order valence-corrected chi connectivity index (χ2v) is 4.44. The highest BCUT2D eigenvalue weighted by atomic mass is 16.6. The Kier molecular flexibility index (Phi) is 3.85. The molecule has 0 aliphatic carbocycles. The van der Waals surface area contributed by atoms with Gasteiger partial charge in [0.15, 0.2) is 6.23 Å². The summed E-state index contributed by atoms with van der Waals surface area (Å²) in [5.74, 6) is 0.146. The zero-order chi connectivity index (χ0) is 14.2. The van der Waals surface area contributed by atoms with Gasteiger partial charge >= 0.3 is 5.69 Å². The second-order valence-electron chi connectivity index (χ2n) is 4.44. The van der Waals surface area contributed by atoms with Gasteiger partial charge in [0.1, 0.15) is 24.1 Å². The number of nitrogens with two attached hydrogens (primary N) is 1. The van der Waals surface area contributed by atoms with E-state index in [1.807, 2.05) is 0 Å². The minimum absolute atomic E-state index is 0.146. The fraction of sp³-hybridized carbons (Fsp3) is 0.636. The number of aliphatic hydroxyl groups is 2. The molecule has 8 nitrogen and oxygen atoms in total. The van der Waals surface area contributed by atoms with Crippen LogP contribution >= 0.6 is 0 Å². The Morgan fingerprint density at radius 3 is 2.89 bits per heavy atom. The highest BCUT2D eigenvalue weighted by molar-refractivity contribution is 5.35. The van der Waals surface area contributed by atoms with Gasteiger partial charge in [-0.25, -0.2) is 4.79 Å². The zero-order valence-corrected chi connectivity index (χ0v) is 10.7. The molecule has 1 aliphatic rings. The van der Waals surface area contributed by atoms with Gasteiger partial charge in [0.05, 0.1) is 6.61 Å². The number of nitrogens with zero attached hydrogens (tertiary/aromatic N) is 2. The van der Waals surface area contributed by atoms with Crippen LogP contribution in [0.4, 0.5) is 5.82 Å². The lowest BCUT2D eigenvalue weighted by Gasteiger charge is -2.20. The standard InChI is InChI=1S/C11H17N3O5/c1-5-3-14(11(17)13-9(5)12)10-8(18-2)7(16)6(4-15)19-10/h3,6-8,10,15-16H,4H2,1-2H3,(H2,12,13,17)/t6-,7-,8-,10-/m0/s1. The van der Waals surface area contributed by atoms with Crippen LogP contribution in [0.2, 0.25) is 0 Å². The molecule has 1 saturated heterocycles. The van der Waals surface area contributed by atoms with Crippen LogP contribution < -0.4 is 11.4 Å². The van der Waals surface area contributed by atoms with Crippen LogP contribution in [-0.2, 0) is 9.47 Å². The molecule has 2 heterocycles. The molecule has 1 aliphatic heterocycles. The molecule has 1 aromatic heterocycles. The topological polar surface area (TPSA) is 120 Å². The van der Waals surface area contributed by atoms with Crippen molar-refractivity contribution in [3.8, 4) is 0 Å². The Hall–Kier alpha value is -1.48. The van der Waals surface area contributed by atoms with E-state index in [4.69, 9.17) is 20.3 Å². The van der Waals surface area contributed by atoms with E-state index in [0.29, 0.717) is 5.56 Å². The number of anilines is 1. The van der Waals surface area contributed by atoms with Crippen LogP contribution in [-0.4, -0.2) is 51.8 Å². The van der Waals surface area contributed by atoms with Crippen molar-refractivity contribution < 1.29 is 19.7 Å². The number of hydrogen-bond acceptors (Lipinski definition) is 7. The van der Waals surface area contributed by atoms with Crippen molar-refractivity contribution >= 4 is 5.82 Å². The maximum atomic E-state index is 11.8. The molecule has 19 heavy (non-hydrogen) atoms. The predicted octanol–water partition coefficient (Wildman–Crippen LogP) is -1.60. The van der Waals surface area contributed by atoms with Crippen molar-refractivity contribution in [3.05, 3.63) is 22.2 Å². The van der Waals surface area contributed by atoms with Gasteiger partial charge in [-0.15, -0.1) is 0 Å². The van der Waals surface area contributed by atoms with E-state index >= 15 is 0 Å². The molecule has 4 N–H and O–H groups in total. The van der Waals surface area contributed by atoms with Crippen molar-refractivity contribution in [2.45, 2.75) is 31.5 Å². The molecular weight excluding hydrogens is 254 g/mol. The molecule has 0 spiro atoms. The van der Waals surface area contributed by atoms with Crippen molar-refractivity contribution in [2.24, 2.45) is 0 Å². The minimum Gasteiger partial charge on any atom is -0.394 e. The lowest BCUT2D eigenvalue weighted by Crippen LogP contribution is -2.37. The Balaban J connectivity index is 2.41. The molecule has 0 radical (unpaired) electrons. The molecule has 1 fully saturated rings. The van der Waals surface area contributed by atoms with E-state index < -0.39 is 30.2 Å². The molecule has 0 unspecified atom stereocenters. The van der Waals surface area contributed by atoms with E-state index in [0.717, 1.165) is 0 Å². The largest absolute Gasteiger partial charge is 0.394 e. The van der Waals surface area contributed by atoms with Crippen LogP contribution in [0.25, 0.3) is 0 Å². The monoisotopic (exact) mass is 271 g/mol. The highest BCUT2D eigenvalue weighted by Gasteiger charge is 2.45. The molecule has 8 heteroatoms. The number of methoxy groups -OCH3 is 1. The molecular formula is C11H17N3O5. The van der Waals surface area contributed by atoms with Crippen LogP contribution in [0, 0.1) is 6.92 Å². The molecule has 0 bridgehead atoms. The summed E-state index contributed by atoms with van der Waals surface area (Å²) in [6.45, 7) is 1.34. The Bertz CT molecular complexity index is 518. The quantitative estimate of drug-likeness (QED) is 0.605. The maximum Gasteiger partial charge on any atom is 0.351 e. The molecule has 1 aromatic rings. The van der Waals surface area contributed by atoms with Crippen LogP contribution in [0.1, 0.15) is 11.8 Å². The maximum absolute atomic E-state index is 11.8. The third kappa shape index (κ3) is 2.35. The predicted molar refractivity (Wildman–Crippen MR) is 65.4 cm³/mol. The summed E-state index contributed by atoms with van der Waals surface area (Å²) in [7, 11) is 1.40. The van der Waals surface area contributed by atoms with Gasteiger partial charge in [-0.2, -0.15) is 4.98 Å². The summed E-state index contributed by atoms with van der Waals surface area (Å²) in [6.07, 6.45) is -1.95. The Labute approximate surface area is 109 Å². The number of nitrogen functional groups attached to an aromatic ring is 1. The first kappa shape index (κ1) is 13.9. The molecule has 106 valence electrons. The second kappa shape index (κ2) is 5.25. The molecule has 0 saturated carbocycles. The number of aryl methyl sites for hydroxylation is 1. The number of rotatable bonds is 3. The number of ether oxygens (including phenoxy) is 2. The average Bonchev–Trinajstić information content (AvgIpc) is 2.70. The van der Waals surface area contributed by atoms with Crippen molar-refractivity contribution in [1.82, 2.24) is 9.55 Å². The lowest BCUT2D eigenvalue weighted by atomic mass is 10.1. The van der Waals surface area contributed by atoms with Gasteiger partial charge in [0, 0.05) is 18.9 Å². The van der Waals surface area contributed by atoms with Crippen molar-refractivity contribution in [2.75, 3.05) is 19.5 Å². The van der Waals surface area contributed by atoms with E-state index in [2.05, 4.69) is 4.98 Å². The van der Waals surface area contributed by atoms with Gasteiger partial charge in [0.25, 0.3) is 0 Å². The number of aliphatic hydroxyl groups excluding tert-OH is 2. The third-order valence-electron chi connectivity index (χ3n) is 3.21. The molecule has 0 amide bonds. The SMILES string of the molecule is CO[C@H]1[C@@H](O)[C@H](CO)O[C@@H]1n1cc(C)c(N)nc1=O. The van der Waals surface area contributed by atoms with E-state index in [9.17, 15) is 9.90 Å². The van der Waals surface area contributed by atoms with E-state index in [-0.39, 0.29) is 12.4 Å². The molecule has 0 aromatic carbocycles. The summed E-state index contributed by atoms with van der Waals surface area (Å²) < 4.78 is 11.8. The smallest absolute Gasteiger partial charge is 0.351 e. The average molecular weight is 271 g/mol. The third-order valence-corrected chi connectivity index (χ3v) is 3.21. The lowest BCUT2D eigenvalue weighted by molar-refractivity contribution is -0.0625. The Morgan fingerprint density at radius 2 is 2.32 bits per heavy atom. The fourth-order valence-electron chi connectivity index (χ4n) is 2.11. The summed E-state index contributed by atoms with van der Waals surface area (Å²) in [6, 6.07) is 0.